The summed E-state index contributed by atoms with van der Waals surface area (Å²) >= 11 is 1.67. The van der Waals surface area contributed by atoms with E-state index in [1.165, 1.54) is 13.5 Å². The summed E-state index contributed by atoms with van der Waals surface area (Å²) in [6.07, 6.45) is 5.86. The third kappa shape index (κ3) is 4.30. The molecule has 6 heteroatoms. The number of aromatic nitrogens is 1. The topological polar surface area (TPSA) is 60.5 Å². The Hall–Kier alpha value is -1.92. The molecule has 0 bridgehead atoms. The highest BCUT2D eigenvalue weighted by Gasteiger charge is 2.16. The molecule has 1 aliphatic heterocycles. The number of esters is 1. The first-order valence-corrected chi connectivity index (χ1v) is 8.53. The van der Waals surface area contributed by atoms with Crippen LogP contribution in [-0.4, -0.2) is 37.3 Å². The van der Waals surface area contributed by atoms with Crippen LogP contribution >= 0.6 is 11.3 Å². The minimum atomic E-state index is -0.179. The Morgan fingerprint density at radius 1 is 1.43 bits per heavy atom. The maximum Gasteiger partial charge on any atom is 0.305 e. The Bertz CT molecular complexity index is 667. The lowest BCUT2D eigenvalue weighted by Gasteiger charge is -2.27. The number of pyridine rings is 1. The van der Waals surface area contributed by atoms with Crippen molar-refractivity contribution in [2.75, 3.05) is 20.3 Å². The average molecular weight is 332 g/mol. The first-order chi connectivity index (χ1) is 11.2. The van der Waals surface area contributed by atoms with Gasteiger partial charge in [0.05, 0.1) is 19.7 Å². The fourth-order valence-corrected chi connectivity index (χ4v) is 3.30. The van der Waals surface area contributed by atoms with Gasteiger partial charge in [-0.2, -0.15) is 0 Å². The number of carbonyl (C=O) groups is 1. The number of hydrogen-bond donors (Lipinski definition) is 1. The van der Waals surface area contributed by atoms with Gasteiger partial charge in [0.2, 0.25) is 0 Å². The van der Waals surface area contributed by atoms with Gasteiger partial charge >= 0.3 is 5.97 Å². The summed E-state index contributed by atoms with van der Waals surface area (Å²) in [5.74, 6) is 0.613. The molecule has 23 heavy (non-hydrogen) atoms. The maximum absolute atomic E-state index is 11.2. The zero-order valence-electron chi connectivity index (χ0n) is 13.1. The zero-order chi connectivity index (χ0) is 16.1. The summed E-state index contributed by atoms with van der Waals surface area (Å²) < 4.78 is 10.5. The molecule has 1 saturated heterocycles. The SMILES string of the molecule is COC(=O)CCc1ccc(-c2cncc(OC[C@@H]3CCN3)c2)s1. The molecule has 0 amide bonds. The molecule has 122 valence electrons. The minimum absolute atomic E-state index is 0.179. The first-order valence-electron chi connectivity index (χ1n) is 7.72. The van der Waals surface area contributed by atoms with Crippen LogP contribution in [0.1, 0.15) is 17.7 Å². The lowest BCUT2D eigenvalue weighted by Crippen LogP contribution is -2.46. The fourth-order valence-electron chi connectivity index (χ4n) is 2.31. The summed E-state index contributed by atoms with van der Waals surface area (Å²) in [5, 5.41) is 3.31. The van der Waals surface area contributed by atoms with Crippen LogP contribution in [0.25, 0.3) is 10.4 Å². The van der Waals surface area contributed by atoms with Crippen molar-refractivity contribution in [1.82, 2.24) is 10.3 Å². The smallest absolute Gasteiger partial charge is 0.305 e. The number of ether oxygens (including phenoxy) is 2. The Morgan fingerprint density at radius 3 is 3.04 bits per heavy atom. The number of aryl methyl sites for hydroxylation is 1. The van der Waals surface area contributed by atoms with Crippen molar-refractivity contribution in [3.05, 3.63) is 35.5 Å². The van der Waals surface area contributed by atoms with E-state index in [0.29, 0.717) is 25.5 Å². The van der Waals surface area contributed by atoms with Crippen molar-refractivity contribution in [2.24, 2.45) is 0 Å². The normalized spacial score (nSPS) is 16.7. The number of nitrogens with zero attached hydrogens (tertiary/aromatic N) is 1. The van der Waals surface area contributed by atoms with Crippen molar-refractivity contribution >= 4 is 17.3 Å². The molecule has 0 saturated carbocycles. The largest absolute Gasteiger partial charge is 0.490 e. The Balaban J connectivity index is 1.61. The van der Waals surface area contributed by atoms with Gasteiger partial charge in [0.15, 0.2) is 0 Å². The van der Waals surface area contributed by atoms with Crippen LogP contribution in [0.3, 0.4) is 0 Å². The van der Waals surface area contributed by atoms with Gasteiger partial charge in [-0.3, -0.25) is 9.78 Å². The maximum atomic E-state index is 11.2. The molecule has 1 N–H and O–H groups in total. The van der Waals surface area contributed by atoms with Gasteiger partial charge in [0, 0.05) is 27.6 Å². The molecule has 0 aromatic carbocycles. The quantitative estimate of drug-likeness (QED) is 0.790. The second-order valence-electron chi connectivity index (χ2n) is 5.50. The first kappa shape index (κ1) is 16.0. The van der Waals surface area contributed by atoms with Crippen LogP contribution in [-0.2, 0) is 16.0 Å². The van der Waals surface area contributed by atoms with Gasteiger partial charge in [-0.15, -0.1) is 11.3 Å². The standard InChI is InChI=1S/C17H20N2O3S/c1-21-17(20)5-3-15-2-4-16(23-15)12-8-14(10-18-9-12)22-11-13-6-7-19-13/h2,4,8-10,13,19H,3,5-7,11H2,1H3/t13-/m0/s1. The van der Waals surface area contributed by atoms with E-state index < -0.39 is 0 Å². The van der Waals surface area contributed by atoms with Crippen LogP contribution < -0.4 is 10.1 Å². The molecule has 2 aromatic rings. The summed E-state index contributed by atoms with van der Waals surface area (Å²) in [5.41, 5.74) is 1.04. The minimum Gasteiger partial charge on any atom is -0.490 e. The van der Waals surface area contributed by atoms with Crippen molar-refractivity contribution in [3.63, 3.8) is 0 Å². The molecule has 0 spiro atoms. The van der Waals surface area contributed by atoms with Crippen molar-refractivity contribution < 1.29 is 14.3 Å². The molecule has 0 aliphatic carbocycles. The Kier molecular flexibility index (Phi) is 5.25. The predicted octanol–water partition coefficient (Wildman–Crippen LogP) is 2.66. The van der Waals surface area contributed by atoms with E-state index in [-0.39, 0.29) is 5.97 Å². The van der Waals surface area contributed by atoms with E-state index in [0.717, 1.165) is 27.6 Å². The molecule has 3 rings (SSSR count). The molecule has 3 heterocycles. The highest BCUT2D eigenvalue weighted by Crippen LogP contribution is 2.30. The van der Waals surface area contributed by atoms with Crippen LogP contribution in [0.4, 0.5) is 0 Å². The van der Waals surface area contributed by atoms with Crippen LogP contribution in [0, 0.1) is 0 Å². The molecule has 5 nitrogen and oxygen atoms in total. The molecule has 1 aliphatic rings. The monoisotopic (exact) mass is 332 g/mol. The fraction of sp³-hybridized carbons (Fsp3) is 0.412. The third-order valence-corrected chi connectivity index (χ3v) is 5.03. The second-order valence-corrected chi connectivity index (χ2v) is 6.67. The zero-order valence-corrected chi connectivity index (χ0v) is 13.9. The van der Waals surface area contributed by atoms with E-state index in [1.807, 2.05) is 12.3 Å². The van der Waals surface area contributed by atoms with Crippen molar-refractivity contribution in [2.45, 2.75) is 25.3 Å². The number of nitrogens with one attached hydrogen (secondary N) is 1. The number of hydrogen-bond acceptors (Lipinski definition) is 6. The summed E-state index contributed by atoms with van der Waals surface area (Å²) in [7, 11) is 1.42. The number of carbonyl (C=O) groups excluding carboxylic acids is 1. The van der Waals surface area contributed by atoms with Crippen LogP contribution in [0.5, 0.6) is 5.75 Å². The van der Waals surface area contributed by atoms with Crippen LogP contribution in [0.15, 0.2) is 30.6 Å². The second kappa shape index (κ2) is 7.57. The highest BCUT2D eigenvalue weighted by atomic mass is 32.1. The van der Waals surface area contributed by atoms with Crippen molar-refractivity contribution in [3.8, 4) is 16.2 Å². The van der Waals surface area contributed by atoms with Gasteiger partial charge in [0.1, 0.15) is 12.4 Å². The van der Waals surface area contributed by atoms with Gasteiger partial charge in [-0.1, -0.05) is 0 Å². The van der Waals surface area contributed by atoms with E-state index in [2.05, 4.69) is 27.2 Å². The summed E-state index contributed by atoms with van der Waals surface area (Å²) in [6, 6.07) is 6.59. The van der Waals surface area contributed by atoms with Crippen LogP contribution in [0.2, 0.25) is 0 Å². The Labute approximate surface area is 139 Å². The van der Waals surface area contributed by atoms with Gasteiger partial charge in [-0.05, 0) is 37.6 Å². The lowest BCUT2D eigenvalue weighted by atomic mass is 10.1. The highest BCUT2D eigenvalue weighted by molar-refractivity contribution is 7.15. The number of rotatable bonds is 7. The van der Waals surface area contributed by atoms with E-state index >= 15 is 0 Å². The van der Waals surface area contributed by atoms with Gasteiger partial charge in [-0.25, -0.2) is 0 Å². The molecular formula is C17H20N2O3S. The molecule has 1 atom stereocenters. The molecule has 0 unspecified atom stereocenters. The molecule has 1 fully saturated rings. The summed E-state index contributed by atoms with van der Waals surface area (Å²) in [4.78, 5) is 17.8. The molecular weight excluding hydrogens is 312 g/mol. The van der Waals surface area contributed by atoms with E-state index in [4.69, 9.17) is 4.74 Å². The van der Waals surface area contributed by atoms with Crippen molar-refractivity contribution in [1.29, 1.82) is 0 Å². The number of methoxy groups -OCH3 is 1. The molecule has 0 radical (unpaired) electrons. The van der Waals surface area contributed by atoms with Gasteiger partial charge < -0.3 is 14.8 Å². The lowest BCUT2D eigenvalue weighted by molar-refractivity contribution is -0.140. The predicted molar refractivity (Wildman–Crippen MR) is 89.8 cm³/mol. The summed E-state index contributed by atoms with van der Waals surface area (Å²) in [6.45, 7) is 1.76. The number of thiophene rings is 1. The van der Waals surface area contributed by atoms with Gasteiger partial charge in [0.25, 0.3) is 0 Å². The van der Waals surface area contributed by atoms with E-state index in [9.17, 15) is 4.79 Å². The average Bonchev–Trinajstić information content (AvgIpc) is 3.00. The third-order valence-electron chi connectivity index (χ3n) is 3.84. The van der Waals surface area contributed by atoms with E-state index in [1.54, 1.807) is 17.5 Å². The molecule has 2 aromatic heterocycles. The Morgan fingerprint density at radius 2 is 2.30 bits per heavy atom.